The molecule has 1 amide bonds. The number of thioether (sulfide) groups is 1. The molecule has 0 unspecified atom stereocenters. The predicted molar refractivity (Wildman–Crippen MR) is 113 cm³/mol. The first kappa shape index (κ1) is 19.7. The van der Waals surface area contributed by atoms with E-state index in [1.54, 1.807) is 12.6 Å². The first-order chi connectivity index (χ1) is 13.1. The molecule has 1 saturated carbocycles. The third-order valence-electron chi connectivity index (χ3n) is 4.34. The van der Waals surface area contributed by atoms with E-state index in [1.165, 1.54) is 29.1 Å². The summed E-state index contributed by atoms with van der Waals surface area (Å²) in [6, 6.07) is 10.5. The number of thiazole rings is 1. The van der Waals surface area contributed by atoms with Crippen LogP contribution in [0.5, 0.6) is 0 Å². The smallest absolute Gasteiger partial charge is 0.263 e. The van der Waals surface area contributed by atoms with Crippen LogP contribution < -0.4 is 16.0 Å². The maximum atomic E-state index is 12.1. The summed E-state index contributed by atoms with van der Waals surface area (Å²) in [6.07, 6.45) is 2.42. The second-order valence-corrected chi connectivity index (χ2v) is 8.87. The van der Waals surface area contributed by atoms with Crippen molar-refractivity contribution in [2.75, 3.05) is 26.7 Å². The third-order valence-corrected chi connectivity index (χ3v) is 6.76. The number of aliphatic imine (C=N–C) groups is 1. The molecule has 2 aromatic rings. The van der Waals surface area contributed by atoms with Gasteiger partial charge >= 0.3 is 0 Å². The van der Waals surface area contributed by atoms with Crippen molar-refractivity contribution in [3.63, 3.8) is 0 Å². The van der Waals surface area contributed by atoms with Crippen molar-refractivity contribution >= 4 is 35.0 Å². The Balaban J connectivity index is 1.37. The molecule has 1 aromatic carbocycles. The lowest BCUT2D eigenvalue weighted by atomic mass is 10.4. The molecule has 0 saturated heterocycles. The predicted octanol–water partition coefficient (Wildman–Crippen LogP) is 2.67. The van der Waals surface area contributed by atoms with Crippen LogP contribution in [0.2, 0.25) is 0 Å². The van der Waals surface area contributed by atoms with Crippen LogP contribution in [0.3, 0.4) is 0 Å². The number of aromatic nitrogens is 1. The molecule has 0 radical (unpaired) electrons. The van der Waals surface area contributed by atoms with Gasteiger partial charge in [-0.25, -0.2) is 4.98 Å². The molecule has 0 atom stereocenters. The van der Waals surface area contributed by atoms with E-state index in [1.807, 2.05) is 24.8 Å². The highest BCUT2D eigenvalue weighted by Gasteiger charge is 2.43. The Morgan fingerprint density at radius 3 is 2.59 bits per heavy atom. The molecular weight excluding hydrogens is 378 g/mol. The van der Waals surface area contributed by atoms with Crippen LogP contribution in [0.15, 0.2) is 45.7 Å². The Hall–Kier alpha value is -2.06. The highest BCUT2D eigenvalue weighted by molar-refractivity contribution is 8.01. The van der Waals surface area contributed by atoms with Crippen LogP contribution in [0, 0.1) is 6.92 Å². The monoisotopic (exact) mass is 403 g/mol. The second-order valence-electron chi connectivity index (χ2n) is 6.47. The molecule has 0 aliphatic heterocycles. The van der Waals surface area contributed by atoms with E-state index in [-0.39, 0.29) is 10.7 Å². The number of carbonyl (C=O) groups is 1. The van der Waals surface area contributed by atoms with Crippen molar-refractivity contribution in [3.05, 3.63) is 46.4 Å². The quantitative estimate of drug-likeness (QED) is 0.359. The van der Waals surface area contributed by atoms with Gasteiger partial charge in [0, 0.05) is 36.3 Å². The molecule has 0 bridgehead atoms. The molecule has 1 aromatic heterocycles. The molecule has 6 nitrogen and oxygen atoms in total. The van der Waals surface area contributed by atoms with Gasteiger partial charge in [0.15, 0.2) is 5.96 Å². The van der Waals surface area contributed by atoms with Crippen molar-refractivity contribution in [3.8, 4) is 0 Å². The minimum atomic E-state index is -0.0732. The molecule has 1 heterocycles. The van der Waals surface area contributed by atoms with Crippen LogP contribution in [0.4, 0.5) is 0 Å². The Morgan fingerprint density at radius 1 is 1.22 bits per heavy atom. The van der Waals surface area contributed by atoms with Gasteiger partial charge in [-0.05, 0) is 31.9 Å². The highest BCUT2D eigenvalue weighted by Crippen LogP contribution is 2.51. The molecule has 8 heteroatoms. The van der Waals surface area contributed by atoms with Gasteiger partial charge in [0.2, 0.25) is 0 Å². The highest BCUT2D eigenvalue weighted by atomic mass is 32.2. The summed E-state index contributed by atoms with van der Waals surface area (Å²) in [5.74, 6) is 0.689. The van der Waals surface area contributed by atoms with E-state index in [0.29, 0.717) is 18.0 Å². The Morgan fingerprint density at radius 2 is 1.96 bits per heavy atom. The standard InChI is InChI=1S/C19H25N5OS2/c1-14-16(26-13-24-14)17(25)21-10-11-22-18(20-2)23-12-19(8-9-19)27-15-6-4-3-5-7-15/h3-7,13H,8-12H2,1-2H3,(H,21,25)(H2,20,22,23). The first-order valence-electron chi connectivity index (χ1n) is 8.99. The number of aryl methyl sites for hydroxylation is 1. The number of hydrogen-bond acceptors (Lipinski definition) is 5. The minimum absolute atomic E-state index is 0.0732. The zero-order valence-corrected chi connectivity index (χ0v) is 17.3. The summed E-state index contributed by atoms with van der Waals surface area (Å²) < 4.78 is 0.261. The van der Waals surface area contributed by atoms with Gasteiger partial charge in [-0.1, -0.05) is 18.2 Å². The van der Waals surface area contributed by atoms with Crippen molar-refractivity contribution in [2.45, 2.75) is 29.4 Å². The van der Waals surface area contributed by atoms with E-state index < -0.39 is 0 Å². The molecule has 1 aliphatic rings. The number of guanidine groups is 1. The number of amides is 1. The SMILES string of the molecule is CN=C(NCCNC(=O)c1scnc1C)NCC1(Sc2ccccc2)CC1. The molecule has 3 N–H and O–H groups in total. The number of benzene rings is 1. The van der Waals surface area contributed by atoms with Crippen molar-refractivity contribution in [1.29, 1.82) is 0 Å². The van der Waals surface area contributed by atoms with E-state index in [2.05, 4.69) is 50.2 Å². The fraction of sp³-hybridized carbons (Fsp3) is 0.421. The molecule has 3 rings (SSSR count). The molecule has 27 heavy (non-hydrogen) atoms. The van der Waals surface area contributed by atoms with Crippen molar-refractivity contribution in [2.24, 2.45) is 4.99 Å². The third kappa shape index (κ3) is 5.71. The number of nitrogens with one attached hydrogen (secondary N) is 3. The van der Waals surface area contributed by atoms with Gasteiger partial charge in [0.25, 0.3) is 5.91 Å². The Bertz CT molecular complexity index is 786. The summed E-state index contributed by atoms with van der Waals surface area (Å²) in [5, 5.41) is 9.57. The fourth-order valence-electron chi connectivity index (χ4n) is 2.62. The van der Waals surface area contributed by atoms with E-state index in [0.717, 1.165) is 18.2 Å². The number of hydrogen-bond donors (Lipinski definition) is 3. The van der Waals surface area contributed by atoms with Crippen LogP contribution in [0.25, 0.3) is 0 Å². The average molecular weight is 404 g/mol. The van der Waals surface area contributed by atoms with Crippen molar-refractivity contribution in [1.82, 2.24) is 20.9 Å². The minimum Gasteiger partial charge on any atom is -0.355 e. The molecule has 1 fully saturated rings. The van der Waals surface area contributed by atoms with Crippen LogP contribution >= 0.6 is 23.1 Å². The van der Waals surface area contributed by atoms with Crippen LogP contribution in [0.1, 0.15) is 28.2 Å². The van der Waals surface area contributed by atoms with Gasteiger partial charge in [-0.2, -0.15) is 0 Å². The maximum absolute atomic E-state index is 12.1. The lowest BCUT2D eigenvalue weighted by molar-refractivity contribution is 0.0957. The van der Waals surface area contributed by atoms with Gasteiger partial charge in [0.1, 0.15) is 4.88 Å². The number of carbonyl (C=O) groups excluding carboxylic acids is 1. The lowest BCUT2D eigenvalue weighted by Crippen LogP contribution is -2.44. The molecule has 144 valence electrons. The Kier molecular flexibility index (Phi) is 6.73. The van der Waals surface area contributed by atoms with Gasteiger partial charge < -0.3 is 16.0 Å². The van der Waals surface area contributed by atoms with Gasteiger partial charge in [-0.15, -0.1) is 23.1 Å². The fourth-order valence-corrected chi connectivity index (χ4v) is 4.58. The molecular formula is C19H25N5OS2. The number of nitrogens with zero attached hydrogens (tertiary/aromatic N) is 2. The zero-order chi connectivity index (χ0) is 19.1. The van der Waals surface area contributed by atoms with E-state index in [4.69, 9.17) is 0 Å². The van der Waals surface area contributed by atoms with Crippen LogP contribution in [-0.4, -0.2) is 48.3 Å². The van der Waals surface area contributed by atoms with E-state index >= 15 is 0 Å². The number of rotatable bonds is 8. The first-order valence-corrected chi connectivity index (χ1v) is 10.7. The topological polar surface area (TPSA) is 78.4 Å². The Labute approximate surface area is 168 Å². The van der Waals surface area contributed by atoms with Gasteiger partial charge in [0.05, 0.1) is 11.2 Å². The second kappa shape index (κ2) is 9.23. The molecule has 0 spiro atoms. The van der Waals surface area contributed by atoms with Crippen LogP contribution in [-0.2, 0) is 0 Å². The largest absolute Gasteiger partial charge is 0.355 e. The normalized spacial score (nSPS) is 15.3. The van der Waals surface area contributed by atoms with Gasteiger partial charge in [-0.3, -0.25) is 9.79 Å². The summed E-state index contributed by atoms with van der Waals surface area (Å²) in [4.78, 5) is 22.4. The maximum Gasteiger partial charge on any atom is 0.263 e. The summed E-state index contributed by atoms with van der Waals surface area (Å²) >= 11 is 3.30. The van der Waals surface area contributed by atoms with Crippen molar-refractivity contribution < 1.29 is 4.79 Å². The molecule has 1 aliphatic carbocycles. The average Bonchev–Trinajstić information content (AvgIpc) is 3.30. The summed E-state index contributed by atoms with van der Waals surface area (Å²) in [5.41, 5.74) is 2.46. The lowest BCUT2D eigenvalue weighted by Gasteiger charge is -2.18. The summed E-state index contributed by atoms with van der Waals surface area (Å²) in [6.45, 7) is 3.86. The zero-order valence-electron chi connectivity index (χ0n) is 15.6. The summed E-state index contributed by atoms with van der Waals surface area (Å²) in [7, 11) is 1.76. The van der Waals surface area contributed by atoms with E-state index in [9.17, 15) is 4.79 Å².